The molecule has 2 aromatic carbocycles. The highest BCUT2D eigenvalue weighted by molar-refractivity contribution is 9.10. The summed E-state index contributed by atoms with van der Waals surface area (Å²) in [5.41, 5.74) is 2.31. The Labute approximate surface area is 127 Å². The molecule has 0 bridgehead atoms. The van der Waals surface area contributed by atoms with Crippen molar-refractivity contribution in [1.82, 2.24) is 5.32 Å². The zero-order valence-corrected chi connectivity index (χ0v) is 12.9. The number of rotatable bonds is 6. The van der Waals surface area contributed by atoms with Crippen LogP contribution in [0.1, 0.15) is 18.1 Å². The van der Waals surface area contributed by atoms with Gasteiger partial charge in [0, 0.05) is 12.6 Å². The van der Waals surface area contributed by atoms with E-state index < -0.39 is 0 Å². The van der Waals surface area contributed by atoms with Gasteiger partial charge in [-0.3, -0.25) is 0 Å². The van der Waals surface area contributed by atoms with E-state index in [9.17, 15) is 4.39 Å². The van der Waals surface area contributed by atoms with Gasteiger partial charge >= 0.3 is 0 Å². The van der Waals surface area contributed by atoms with Crippen molar-refractivity contribution in [2.45, 2.75) is 20.1 Å². The van der Waals surface area contributed by atoms with Crippen LogP contribution in [-0.2, 0) is 13.2 Å². The summed E-state index contributed by atoms with van der Waals surface area (Å²) in [6, 6.07) is 12.9. The first kappa shape index (κ1) is 15.0. The lowest BCUT2D eigenvalue weighted by atomic mass is 10.1. The zero-order chi connectivity index (χ0) is 14.4. The summed E-state index contributed by atoms with van der Waals surface area (Å²) in [4.78, 5) is 0. The number of hydrogen-bond acceptors (Lipinski definition) is 2. The average Bonchev–Trinajstić information content (AvgIpc) is 2.47. The number of ether oxygens (including phenoxy) is 1. The van der Waals surface area contributed by atoms with E-state index in [0.717, 1.165) is 18.7 Å². The van der Waals surface area contributed by atoms with Gasteiger partial charge < -0.3 is 10.1 Å². The first-order valence-electron chi connectivity index (χ1n) is 6.56. The molecule has 0 saturated carbocycles. The molecule has 0 amide bonds. The van der Waals surface area contributed by atoms with Gasteiger partial charge in [0.25, 0.3) is 0 Å². The Hall–Kier alpha value is -1.39. The molecule has 0 saturated heterocycles. The standard InChI is InChI=1S/C16H17BrFNO/c1-2-19-10-12-5-3-4-6-13(12)11-20-14-7-8-15(17)16(18)9-14/h3-9,19H,2,10-11H2,1H3. The summed E-state index contributed by atoms with van der Waals surface area (Å²) < 4.78 is 19.5. The third-order valence-corrected chi connectivity index (χ3v) is 3.61. The first-order valence-corrected chi connectivity index (χ1v) is 7.35. The second-order valence-corrected chi connectivity index (χ2v) is 5.27. The van der Waals surface area contributed by atoms with E-state index in [1.165, 1.54) is 11.6 Å². The van der Waals surface area contributed by atoms with Crippen LogP contribution in [0.15, 0.2) is 46.9 Å². The summed E-state index contributed by atoms with van der Waals surface area (Å²) in [5, 5.41) is 3.30. The number of benzene rings is 2. The monoisotopic (exact) mass is 337 g/mol. The average molecular weight is 338 g/mol. The lowest BCUT2D eigenvalue weighted by molar-refractivity contribution is 0.303. The fraction of sp³-hybridized carbons (Fsp3) is 0.250. The van der Waals surface area contributed by atoms with Crippen molar-refractivity contribution in [2.75, 3.05) is 6.54 Å². The third kappa shape index (κ3) is 4.05. The van der Waals surface area contributed by atoms with Gasteiger partial charge in [0.2, 0.25) is 0 Å². The van der Waals surface area contributed by atoms with Crippen molar-refractivity contribution in [3.63, 3.8) is 0 Å². The minimum atomic E-state index is -0.316. The van der Waals surface area contributed by atoms with Crippen LogP contribution in [0.4, 0.5) is 4.39 Å². The van der Waals surface area contributed by atoms with Gasteiger partial charge in [-0.1, -0.05) is 31.2 Å². The highest BCUT2D eigenvalue weighted by atomic mass is 79.9. The minimum Gasteiger partial charge on any atom is -0.489 e. The molecule has 0 unspecified atom stereocenters. The Morgan fingerprint density at radius 1 is 1.15 bits per heavy atom. The smallest absolute Gasteiger partial charge is 0.141 e. The summed E-state index contributed by atoms with van der Waals surface area (Å²) in [6.07, 6.45) is 0. The lowest BCUT2D eigenvalue weighted by Gasteiger charge is -2.11. The molecule has 0 aliphatic rings. The van der Waals surface area contributed by atoms with Crippen molar-refractivity contribution in [2.24, 2.45) is 0 Å². The van der Waals surface area contributed by atoms with Crippen molar-refractivity contribution in [1.29, 1.82) is 0 Å². The van der Waals surface area contributed by atoms with Crippen LogP contribution in [0.25, 0.3) is 0 Å². The summed E-state index contributed by atoms with van der Waals surface area (Å²) in [5.74, 6) is 0.215. The van der Waals surface area contributed by atoms with E-state index in [2.05, 4.69) is 34.2 Å². The van der Waals surface area contributed by atoms with Crippen molar-refractivity contribution >= 4 is 15.9 Å². The Morgan fingerprint density at radius 3 is 2.60 bits per heavy atom. The maximum Gasteiger partial charge on any atom is 0.141 e. The van der Waals surface area contributed by atoms with Gasteiger partial charge in [-0.25, -0.2) is 4.39 Å². The highest BCUT2D eigenvalue weighted by Crippen LogP contribution is 2.22. The maximum absolute atomic E-state index is 13.4. The molecule has 0 fully saturated rings. The van der Waals surface area contributed by atoms with Crippen LogP contribution < -0.4 is 10.1 Å². The Balaban J connectivity index is 2.04. The maximum atomic E-state index is 13.4. The molecule has 4 heteroatoms. The molecule has 1 N–H and O–H groups in total. The quantitative estimate of drug-likeness (QED) is 0.849. The number of hydrogen-bond donors (Lipinski definition) is 1. The van der Waals surface area contributed by atoms with Crippen LogP contribution >= 0.6 is 15.9 Å². The molecule has 2 aromatic rings. The predicted molar refractivity (Wildman–Crippen MR) is 82.3 cm³/mol. The Kier molecular flexibility index (Phi) is 5.56. The van der Waals surface area contributed by atoms with Crippen LogP contribution in [0.5, 0.6) is 5.75 Å². The van der Waals surface area contributed by atoms with Gasteiger partial charge in [0.05, 0.1) is 4.47 Å². The van der Waals surface area contributed by atoms with E-state index in [0.29, 0.717) is 16.8 Å². The van der Waals surface area contributed by atoms with Crippen molar-refractivity contribution in [3.8, 4) is 5.75 Å². The van der Waals surface area contributed by atoms with Crippen LogP contribution in [0, 0.1) is 5.82 Å². The largest absolute Gasteiger partial charge is 0.489 e. The van der Waals surface area contributed by atoms with E-state index >= 15 is 0 Å². The second-order valence-electron chi connectivity index (χ2n) is 4.41. The third-order valence-electron chi connectivity index (χ3n) is 2.97. The van der Waals surface area contributed by atoms with E-state index in [4.69, 9.17) is 4.74 Å². The van der Waals surface area contributed by atoms with E-state index in [1.54, 1.807) is 12.1 Å². The Morgan fingerprint density at radius 2 is 1.90 bits per heavy atom. The molecule has 0 aromatic heterocycles. The normalized spacial score (nSPS) is 10.6. The van der Waals surface area contributed by atoms with Gasteiger partial charge in [0.15, 0.2) is 0 Å². The second kappa shape index (κ2) is 7.41. The number of halogens is 2. The molecule has 20 heavy (non-hydrogen) atoms. The molecular weight excluding hydrogens is 321 g/mol. The lowest BCUT2D eigenvalue weighted by Crippen LogP contribution is -2.13. The topological polar surface area (TPSA) is 21.3 Å². The van der Waals surface area contributed by atoms with Gasteiger partial charge in [-0.05, 0) is 45.7 Å². The molecule has 0 heterocycles. The van der Waals surface area contributed by atoms with Gasteiger partial charge in [-0.15, -0.1) is 0 Å². The fourth-order valence-corrected chi connectivity index (χ4v) is 2.10. The molecular formula is C16H17BrFNO. The highest BCUT2D eigenvalue weighted by Gasteiger charge is 2.04. The molecule has 0 radical (unpaired) electrons. The molecule has 0 aliphatic carbocycles. The molecule has 2 rings (SSSR count). The van der Waals surface area contributed by atoms with Gasteiger partial charge in [0.1, 0.15) is 18.2 Å². The Bertz CT molecular complexity index is 574. The SMILES string of the molecule is CCNCc1ccccc1COc1ccc(Br)c(F)c1. The zero-order valence-electron chi connectivity index (χ0n) is 11.3. The minimum absolute atomic E-state index is 0.316. The first-order chi connectivity index (χ1) is 9.70. The van der Waals surface area contributed by atoms with Crippen LogP contribution in [0.2, 0.25) is 0 Å². The van der Waals surface area contributed by atoms with Crippen LogP contribution in [-0.4, -0.2) is 6.54 Å². The van der Waals surface area contributed by atoms with Gasteiger partial charge in [-0.2, -0.15) is 0 Å². The van der Waals surface area contributed by atoms with E-state index in [-0.39, 0.29) is 5.82 Å². The molecule has 106 valence electrons. The molecule has 2 nitrogen and oxygen atoms in total. The molecule has 0 aliphatic heterocycles. The fourth-order valence-electron chi connectivity index (χ4n) is 1.86. The summed E-state index contributed by atoms with van der Waals surface area (Å²) >= 11 is 3.13. The van der Waals surface area contributed by atoms with Crippen molar-refractivity contribution in [3.05, 3.63) is 63.9 Å². The summed E-state index contributed by atoms with van der Waals surface area (Å²) in [7, 11) is 0. The predicted octanol–water partition coefficient (Wildman–Crippen LogP) is 4.28. The number of nitrogens with one attached hydrogen (secondary N) is 1. The van der Waals surface area contributed by atoms with E-state index in [1.807, 2.05) is 18.2 Å². The van der Waals surface area contributed by atoms with Crippen LogP contribution in [0.3, 0.4) is 0 Å². The van der Waals surface area contributed by atoms with Crippen molar-refractivity contribution < 1.29 is 9.13 Å². The summed E-state index contributed by atoms with van der Waals surface area (Å²) in [6.45, 7) is 4.24. The molecule has 0 spiro atoms. The molecule has 0 atom stereocenters.